The molecular weight excluding hydrogens is 343 g/mol. The standard InChI is InChI=1S/C19H18F3N3O/c1-2-9-25-12-24-16-10-13(3-8-17(16)25)11-23-18(26)14-4-6-15(7-5-14)19(20,21)22/h3-8,10,12H,2,9,11H2,1H3,(H,23,26). The highest BCUT2D eigenvalue weighted by molar-refractivity contribution is 5.94. The van der Waals surface area contributed by atoms with E-state index in [2.05, 4.69) is 21.8 Å². The van der Waals surface area contributed by atoms with E-state index in [0.29, 0.717) is 0 Å². The van der Waals surface area contributed by atoms with Crippen LogP contribution in [0.15, 0.2) is 48.8 Å². The molecule has 4 nitrogen and oxygen atoms in total. The first-order valence-electron chi connectivity index (χ1n) is 8.27. The van der Waals surface area contributed by atoms with Crippen LogP contribution in [0.25, 0.3) is 11.0 Å². The number of rotatable bonds is 5. The summed E-state index contributed by atoms with van der Waals surface area (Å²) in [7, 11) is 0. The molecule has 0 spiro atoms. The number of hydrogen-bond donors (Lipinski definition) is 1. The first-order chi connectivity index (χ1) is 12.4. The number of imidazole rings is 1. The van der Waals surface area contributed by atoms with Gasteiger partial charge in [-0.25, -0.2) is 4.98 Å². The van der Waals surface area contributed by atoms with E-state index < -0.39 is 17.6 Å². The average molecular weight is 361 g/mol. The molecule has 0 radical (unpaired) electrons. The zero-order valence-electron chi connectivity index (χ0n) is 14.2. The molecule has 136 valence electrons. The molecule has 0 aliphatic heterocycles. The van der Waals surface area contributed by atoms with Crippen LogP contribution in [-0.2, 0) is 19.3 Å². The van der Waals surface area contributed by atoms with Crippen molar-refractivity contribution in [3.8, 4) is 0 Å². The molecule has 26 heavy (non-hydrogen) atoms. The van der Waals surface area contributed by atoms with Crippen LogP contribution >= 0.6 is 0 Å². The fourth-order valence-corrected chi connectivity index (χ4v) is 2.73. The second-order valence-electron chi connectivity index (χ2n) is 6.02. The number of amides is 1. The number of hydrogen-bond acceptors (Lipinski definition) is 2. The van der Waals surface area contributed by atoms with Gasteiger partial charge in [-0.3, -0.25) is 4.79 Å². The minimum atomic E-state index is -4.41. The molecule has 0 aliphatic rings. The number of halogens is 3. The van der Waals surface area contributed by atoms with Crippen molar-refractivity contribution in [1.29, 1.82) is 0 Å². The summed E-state index contributed by atoms with van der Waals surface area (Å²) in [5.41, 5.74) is 2.16. The smallest absolute Gasteiger partial charge is 0.348 e. The number of carbonyl (C=O) groups is 1. The van der Waals surface area contributed by atoms with E-state index in [4.69, 9.17) is 0 Å². The molecule has 0 unspecified atom stereocenters. The number of benzene rings is 2. The molecule has 3 rings (SSSR count). The lowest BCUT2D eigenvalue weighted by molar-refractivity contribution is -0.137. The highest BCUT2D eigenvalue weighted by Gasteiger charge is 2.30. The first kappa shape index (κ1) is 18.0. The quantitative estimate of drug-likeness (QED) is 0.732. The van der Waals surface area contributed by atoms with Gasteiger partial charge in [-0.1, -0.05) is 13.0 Å². The van der Waals surface area contributed by atoms with Crippen LogP contribution in [0.4, 0.5) is 13.2 Å². The molecule has 3 aromatic rings. The molecule has 0 fully saturated rings. The molecule has 2 aromatic carbocycles. The van der Waals surface area contributed by atoms with Crippen LogP contribution < -0.4 is 5.32 Å². The fraction of sp³-hybridized carbons (Fsp3) is 0.263. The van der Waals surface area contributed by atoms with Gasteiger partial charge < -0.3 is 9.88 Å². The zero-order chi connectivity index (χ0) is 18.7. The summed E-state index contributed by atoms with van der Waals surface area (Å²) in [5, 5.41) is 2.72. The number of aryl methyl sites for hydroxylation is 1. The van der Waals surface area contributed by atoms with Gasteiger partial charge in [0.15, 0.2) is 0 Å². The minimum absolute atomic E-state index is 0.186. The van der Waals surface area contributed by atoms with Crippen LogP contribution in [0.5, 0.6) is 0 Å². The lowest BCUT2D eigenvalue weighted by atomic mass is 10.1. The van der Waals surface area contributed by atoms with E-state index >= 15 is 0 Å². The van der Waals surface area contributed by atoms with E-state index in [1.165, 1.54) is 12.1 Å². The monoisotopic (exact) mass is 361 g/mol. The van der Waals surface area contributed by atoms with Crippen molar-refractivity contribution < 1.29 is 18.0 Å². The van der Waals surface area contributed by atoms with Gasteiger partial charge in [0.05, 0.1) is 22.9 Å². The van der Waals surface area contributed by atoms with E-state index in [1.54, 1.807) is 6.33 Å². The van der Waals surface area contributed by atoms with Crippen LogP contribution in [0.3, 0.4) is 0 Å². The molecule has 1 N–H and O–H groups in total. The molecule has 0 saturated carbocycles. The van der Waals surface area contributed by atoms with Crippen molar-refractivity contribution in [1.82, 2.24) is 14.9 Å². The van der Waals surface area contributed by atoms with Crippen LogP contribution in [0, 0.1) is 0 Å². The molecular formula is C19H18F3N3O. The van der Waals surface area contributed by atoms with E-state index in [0.717, 1.165) is 41.7 Å². The summed E-state index contributed by atoms with van der Waals surface area (Å²) in [6, 6.07) is 9.92. The van der Waals surface area contributed by atoms with Crippen molar-refractivity contribution in [3.63, 3.8) is 0 Å². The maximum Gasteiger partial charge on any atom is 0.416 e. The second kappa shape index (κ2) is 7.19. The number of nitrogens with one attached hydrogen (secondary N) is 1. The Morgan fingerprint density at radius 3 is 2.54 bits per heavy atom. The third-order valence-corrected chi connectivity index (χ3v) is 4.08. The summed E-state index contributed by atoms with van der Waals surface area (Å²) in [6.45, 7) is 3.26. The van der Waals surface area contributed by atoms with E-state index in [1.807, 2.05) is 18.2 Å². The van der Waals surface area contributed by atoms with Gasteiger partial charge in [-0.15, -0.1) is 0 Å². The Labute approximate surface area is 148 Å². The summed E-state index contributed by atoms with van der Waals surface area (Å²) >= 11 is 0. The second-order valence-corrected chi connectivity index (χ2v) is 6.02. The van der Waals surface area contributed by atoms with Gasteiger partial charge in [-0.05, 0) is 48.4 Å². The van der Waals surface area contributed by atoms with Gasteiger partial charge in [0.1, 0.15) is 0 Å². The lowest BCUT2D eigenvalue weighted by Gasteiger charge is -2.09. The van der Waals surface area contributed by atoms with Crippen molar-refractivity contribution in [2.75, 3.05) is 0 Å². The van der Waals surface area contributed by atoms with Gasteiger partial charge in [0, 0.05) is 18.7 Å². The lowest BCUT2D eigenvalue weighted by Crippen LogP contribution is -2.22. The maximum atomic E-state index is 12.6. The Bertz CT molecular complexity index is 914. The number of aromatic nitrogens is 2. The molecule has 0 bridgehead atoms. The largest absolute Gasteiger partial charge is 0.416 e. The summed E-state index contributed by atoms with van der Waals surface area (Å²) < 4.78 is 39.7. The number of fused-ring (bicyclic) bond motifs is 1. The normalized spacial score (nSPS) is 11.7. The average Bonchev–Trinajstić information content (AvgIpc) is 3.02. The number of nitrogens with zero attached hydrogens (tertiary/aromatic N) is 2. The predicted molar refractivity (Wildman–Crippen MR) is 92.6 cm³/mol. The molecule has 1 heterocycles. The molecule has 0 saturated heterocycles. The topological polar surface area (TPSA) is 46.9 Å². The Balaban J connectivity index is 1.66. The zero-order valence-corrected chi connectivity index (χ0v) is 14.2. The van der Waals surface area contributed by atoms with E-state index in [-0.39, 0.29) is 12.1 Å². The van der Waals surface area contributed by atoms with Crippen molar-refractivity contribution in [2.45, 2.75) is 32.6 Å². The predicted octanol–water partition coefficient (Wildman–Crippen LogP) is 4.40. The maximum absolute atomic E-state index is 12.6. The Hall–Kier alpha value is -2.83. The van der Waals surface area contributed by atoms with Gasteiger partial charge >= 0.3 is 6.18 Å². The van der Waals surface area contributed by atoms with Crippen molar-refractivity contribution in [3.05, 3.63) is 65.5 Å². The Morgan fingerprint density at radius 2 is 1.88 bits per heavy atom. The van der Waals surface area contributed by atoms with Gasteiger partial charge in [0.25, 0.3) is 5.91 Å². The third-order valence-electron chi connectivity index (χ3n) is 4.08. The number of alkyl halides is 3. The van der Waals surface area contributed by atoms with Crippen LogP contribution in [0.2, 0.25) is 0 Å². The summed E-state index contributed by atoms with van der Waals surface area (Å²) in [4.78, 5) is 16.5. The summed E-state index contributed by atoms with van der Waals surface area (Å²) in [5.74, 6) is -0.421. The first-order valence-corrected chi connectivity index (χ1v) is 8.27. The Kier molecular flexibility index (Phi) is 4.97. The fourth-order valence-electron chi connectivity index (χ4n) is 2.73. The SMILES string of the molecule is CCCn1cnc2cc(CNC(=O)c3ccc(C(F)(F)F)cc3)ccc21. The van der Waals surface area contributed by atoms with Crippen molar-refractivity contribution >= 4 is 16.9 Å². The molecule has 0 aliphatic carbocycles. The van der Waals surface area contributed by atoms with Crippen molar-refractivity contribution in [2.24, 2.45) is 0 Å². The third kappa shape index (κ3) is 3.87. The Morgan fingerprint density at radius 1 is 1.15 bits per heavy atom. The highest BCUT2D eigenvalue weighted by atomic mass is 19.4. The van der Waals surface area contributed by atoms with Gasteiger partial charge in [0.2, 0.25) is 0 Å². The number of carbonyl (C=O) groups excluding carboxylic acids is 1. The minimum Gasteiger partial charge on any atom is -0.348 e. The molecule has 7 heteroatoms. The molecule has 1 amide bonds. The van der Waals surface area contributed by atoms with Gasteiger partial charge in [-0.2, -0.15) is 13.2 Å². The summed E-state index contributed by atoms with van der Waals surface area (Å²) in [6.07, 6.45) is -1.61. The molecule has 1 aromatic heterocycles. The highest BCUT2D eigenvalue weighted by Crippen LogP contribution is 2.29. The van der Waals surface area contributed by atoms with E-state index in [9.17, 15) is 18.0 Å². The molecule has 0 atom stereocenters. The van der Waals surface area contributed by atoms with Crippen LogP contribution in [-0.4, -0.2) is 15.5 Å². The van der Waals surface area contributed by atoms with Crippen LogP contribution in [0.1, 0.15) is 34.8 Å².